The Morgan fingerprint density at radius 1 is 1.06 bits per heavy atom. The molecular formula is C23H30F3NO5. The number of carbonyl (C=O) groups is 1. The van der Waals surface area contributed by atoms with Crippen molar-refractivity contribution >= 4 is 11.6 Å². The van der Waals surface area contributed by atoms with E-state index in [-0.39, 0.29) is 23.7 Å². The molecule has 2 heterocycles. The number of aliphatic hydroxyl groups is 1. The minimum Gasteiger partial charge on any atom is -0.484 e. The molecule has 1 aromatic carbocycles. The SMILES string of the molecule is CC1(COCC2(O)CCC3(CCN(c4ccc(OCC(F)(F)F)cc4)C3=O)CC2)COC1. The highest BCUT2D eigenvalue weighted by Gasteiger charge is 2.51. The Labute approximate surface area is 185 Å². The second-order valence-corrected chi connectivity index (χ2v) is 9.91. The van der Waals surface area contributed by atoms with Crippen LogP contribution in [-0.4, -0.2) is 62.4 Å². The van der Waals surface area contributed by atoms with Gasteiger partial charge in [0.15, 0.2) is 6.61 Å². The van der Waals surface area contributed by atoms with Crippen LogP contribution in [0.1, 0.15) is 39.0 Å². The zero-order chi connectivity index (χ0) is 23.0. The maximum atomic E-state index is 13.2. The Balaban J connectivity index is 1.30. The van der Waals surface area contributed by atoms with E-state index in [0.717, 1.165) is 0 Å². The number of alkyl halides is 3. The predicted octanol–water partition coefficient (Wildman–Crippen LogP) is 3.71. The van der Waals surface area contributed by atoms with Crippen LogP contribution < -0.4 is 9.64 Å². The van der Waals surface area contributed by atoms with E-state index in [0.29, 0.717) is 64.2 Å². The van der Waals surface area contributed by atoms with Crippen molar-refractivity contribution < 1.29 is 37.3 Å². The van der Waals surface area contributed by atoms with E-state index >= 15 is 0 Å². The maximum absolute atomic E-state index is 13.2. The fourth-order valence-electron chi connectivity index (χ4n) is 4.78. The second kappa shape index (κ2) is 8.50. The van der Waals surface area contributed by atoms with Gasteiger partial charge in [0, 0.05) is 17.6 Å². The first-order chi connectivity index (χ1) is 15.0. The molecule has 4 rings (SSSR count). The summed E-state index contributed by atoms with van der Waals surface area (Å²) in [7, 11) is 0. The van der Waals surface area contributed by atoms with Gasteiger partial charge in [0.05, 0.1) is 37.4 Å². The summed E-state index contributed by atoms with van der Waals surface area (Å²) < 4.78 is 52.7. The molecule has 9 heteroatoms. The number of hydrogen-bond acceptors (Lipinski definition) is 5. The quantitative estimate of drug-likeness (QED) is 0.676. The molecule has 2 aliphatic heterocycles. The zero-order valence-corrected chi connectivity index (χ0v) is 18.2. The minimum atomic E-state index is -4.40. The van der Waals surface area contributed by atoms with Crippen molar-refractivity contribution in [2.45, 2.75) is 50.8 Å². The summed E-state index contributed by atoms with van der Waals surface area (Å²) in [6.45, 7) is 3.46. The van der Waals surface area contributed by atoms with Crippen LogP contribution in [0.15, 0.2) is 24.3 Å². The van der Waals surface area contributed by atoms with Gasteiger partial charge in [-0.1, -0.05) is 6.92 Å². The Bertz CT molecular complexity index is 814. The minimum absolute atomic E-state index is 0.0172. The number of rotatable bonds is 7. The van der Waals surface area contributed by atoms with Gasteiger partial charge < -0.3 is 24.2 Å². The van der Waals surface area contributed by atoms with Gasteiger partial charge in [0.2, 0.25) is 5.91 Å². The summed E-state index contributed by atoms with van der Waals surface area (Å²) in [5.41, 5.74) is -0.740. The molecule has 2 saturated heterocycles. The van der Waals surface area contributed by atoms with Crippen molar-refractivity contribution in [2.75, 3.05) is 44.5 Å². The Hall–Kier alpha value is -1.84. The number of halogens is 3. The molecular weight excluding hydrogens is 427 g/mol. The number of carbonyl (C=O) groups excluding carboxylic acids is 1. The second-order valence-electron chi connectivity index (χ2n) is 9.91. The first kappa shape index (κ1) is 23.3. The highest BCUT2D eigenvalue weighted by molar-refractivity contribution is 6.00. The summed E-state index contributed by atoms with van der Waals surface area (Å²) in [5.74, 6) is 0.126. The molecule has 0 unspecified atom stereocenters. The number of benzene rings is 1. The number of anilines is 1. The third kappa shape index (κ3) is 5.05. The first-order valence-corrected chi connectivity index (χ1v) is 11.0. The van der Waals surface area contributed by atoms with Gasteiger partial charge in [-0.25, -0.2) is 0 Å². The van der Waals surface area contributed by atoms with Crippen molar-refractivity contribution in [3.63, 3.8) is 0 Å². The molecule has 1 aliphatic carbocycles. The lowest BCUT2D eigenvalue weighted by Gasteiger charge is -2.42. The fraction of sp³-hybridized carbons (Fsp3) is 0.696. The van der Waals surface area contributed by atoms with Gasteiger partial charge in [-0.2, -0.15) is 13.2 Å². The van der Waals surface area contributed by atoms with E-state index < -0.39 is 23.8 Å². The summed E-state index contributed by atoms with van der Waals surface area (Å²) in [4.78, 5) is 14.9. The molecule has 1 N–H and O–H groups in total. The lowest BCUT2D eigenvalue weighted by atomic mass is 9.68. The first-order valence-electron chi connectivity index (χ1n) is 11.0. The molecule has 0 aromatic heterocycles. The fourth-order valence-corrected chi connectivity index (χ4v) is 4.78. The molecule has 1 aromatic rings. The van der Waals surface area contributed by atoms with Crippen LogP contribution in [0.25, 0.3) is 0 Å². The van der Waals surface area contributed by atoms with Crippen LogP contribution in [0.5, 0.6) is 5.75 Å². The van der Waals surface area contributed by atoms with Gasteiger partial charge >= 0.3 is 6.18 Å². The van der Waals surface area contributed by atoms with Crippen LogP contribution in [-0.2, 0) is 14.3 Å². The van der Waals surface area contributed by atoms with Crippen molar-refractivity contribution in [2.24, 2.45) is 10.8 Å². The van der Waals surface area contributed by atoms with Crippen molar-refractivity contribution in [1.82, 2.24) is 0 Å². The van der Waals surface area contributed by atoms with Crippen LogP contribution in [0.2, 0.25) is 0 Å². The summed E-state index contributed by atoms with van der Waals surface area (Å²) in [5, 5.41) is 10.9. The van der Waals surface area contributed by atoms with Gasteiger partial charge in [0.1, 0.15) is 5.75 Å². The lowest BCUT2D eigenvalue weighted by molar-refractivity contribution is -0.161. The van der Waals surface area contributed by atoms with Crippen molar-refractivity contribution in [3.8, 4) is 5.75 Å². The normalized spacial score (nSPS) is 29.9. The molecule has 32 heavy (non-hydrogen) atoms. The van der Waals surface area contributed by atoms with Crippen LogP contribution in [0.3, 0.4) is 0 Å². The Morgan fingerprint density at radius 2 is 1.72 bits per heavy atom. The summed E-state index contributed by atoms with van der Waals surface area (Å²) in [6.07, 6.45) is -1.50. The molecule has 0 radical (unpaired) electrons. The van der Waals surface area contributed by atoms with E-state index in [1.807, 2.05) is 0 Å². The maximum Gasteiger partial charge on any atom is 0.422 e. The van der Waals surface area contributed by atoms with Crippen LogP contribution in [0, 0.1) is 10.8 Å². The average Bonchev–Trinajstić information content (AvgIpc) is 3.04. The smallest absolute Gasteiger partial charge is 0.422 e. The number of hydrogen-bond donors (Lipinski definition) is 1. The Morgan fingerprint density at radius 3 is 2.28 bits per heavy atom. The number of nitrogens with zero attached hydrogens (tertiary/aromatic N) is 1. The van der Waals surface area contributed by atoms with Gasteiger partial charge in [-0.15, -0.1) is 0 Å². The largest absolute Gasteiger partial charge is 0.484 e. The van der Waals surface area contributed by atoms with Crippen molar-refractivity contribution in [3.05, 3.63) is 24.3 Å². The van der Waals surface area contributed by atoms with Gasteiger partial charge in [-0.3, -0.25) is 4.79 Å². The number of amides is 1. The van der Waals surface area contributed by atoms with E-state index in [4.69, 9.17) is 14.2 Å². The number of ether oxygens (including phenoxy) is 3. The zero-order valence-electron chi connectivity index (χ0n) is 18.2. The molecule has 3 fully saturated rings. The molecule has 1 saturated carbocycles. The van der Waals surface area contributed by atoms with Crippen molar-refractivity contribution in [1.29, 1.82) is 0 Å². The third-order valence-corrected chi connectivity index (χ3v) is 6.92. The van der Waals surface area contributed by atoms with Crippen LogP contribution >= 0.6 is 0 Å². The molecule has 3 aliphatic rings. The summed E-state index contributed by atoms with van der Waals surface area (Å²) in [6, 6.07) is 6.12. The molecule has 6 nitrogen and oxygen atoms in total. The topological polar surface area (TPSA) is 68.2 Å². The van der Waals surface area contributed by atoms with E-state index in [2.05, 4.69) is 6.92 Å². The van der Waals surface area contributed by atoms with E-state index in [1.165, 1.54) is 12.1 Å². The summed E-state index contributed by atoms with van der Waals surface area (Å²) >= 11 is 0. The molecule has 0 bridgehead atoms. The standard InChI is InChI=1S/C23H30F3NO5/c1-20(12-30-13-20)14-31-15-22(29)8-6-21(7-9-22)10-11-27(19(21)28)17-2-4-18(5-3-17)32-16-23(24,25)26/h2-5,29H,6-16H2,1H3. The lowest BCUT2D eigenvalue weighted by Crippen LogP contribution is -2.48. The predicted molar refractivity (Wildman–Crippen MR) is 111 cm³/mol. The van der Waals surface area contributed by atoms with E-state index in [9.17, 15) is 23.1 Å². The molecule has 178 valence electrons. The van der Waals surface area contributed by atoms with E-state index in [1.54, 1.807) is 17.0 Å². The molecule has 1 amide bonds. The van der Waals surface area contributed by atoms with Gasteiger partial charge in [-0.05, 0) is 56.4 Å². The van der Waals surface area contributed by atoms with Gasteiger partial charge in [0.25, 0.3) is 0 Å². The van der Waals surface area contributed by atoms with Crippen LogP contribution in [0.4, 0.5) is 18.9 Å². The molecule has 0 atom stereocenters. The Kier molecular flexibility index (Phi) is 6.19. The monoisotopic (exact) mass is 457 g/mol. The third-order valence-electron chi connectivity index (χ3n) is 6.92. The highest BCUT2D eigenvalue weighted by Crippen LogP contribution is 2.48. The highest BCUT2D eigenvalue weighted by atomic mass is 19.4. The average molecular weight is 457 g/mol. The molecule has 1 spiro atoms.